The molecule has 1 aliphatic carbocycles. The second kappa shape index (κ2) is 6.22. The molecular weight excluding hydrogens is 318 g/mol. The van der Waals surface area contributed by atoms with Crippen molar-refractivity contribution in [3.63, 3.8) is 0 Å². The minimum absolute atomic E-state index is 0.0574. The molecule has 1 amide bonds. The number of anilines is 1. The summed E-state index contributed by atoms with van der Waals surface area (Å²) in [5.74, 6) is 0.847. The number of rotatable bonds is 2. The Labute approximate surface area is 127 Å². The van der Waals surface area contributed by atoms with Crippen LogP contribution < -0.4 is 10.6 Å². The fraction of sp³-hybridized carbons (Fsp3) is 0.600. The molecule has 0 spiro atoms. The number of hydrogen-bond acceptors (Lipinski definition) is 3. The van der Waals surface area contributed by atoms with Gasteiger partial charge in [0.1, 0.15) is 4.60 Å². The third-order valence-corrected chi connectivity index (χ3v) is 4.93. The van der Waals surface area contributed by atoms with Gasteiger partial charge in [-0.1, -0.05) is 12.8 Å². The van der Waals surface area contributed by atoms with Crippen molar-refractivity contribution in [2.24, 2.45) is 5.92 Å². The van der Waals surface area contributed by atoms with E-state index in [4.69, 9.17) is 0 Å². The lowest BCUT2D eigenvalue weighted by Crippen LogP contribution is -2.53. The molecule has 1 aromatic heterocycles. The van der Waals surface area contributed by atoms with Gasteiger partial charge in [-0.25, -0.2) is 4.98 Å². The van der Waals surface area contributed by atoms with Crippen molar-refractivity contribution in [3.05, 3.63) is 22.9 Å². The zero-order chi connectivity index (χ0) is 13.9. The zero-order valence-corrected chi connectivity index (χ0v) is 13.0. The van der Waals surface area contributed by atoms with Crippen LogP contribution in [0.1, 0.15) is 38.5 Å². The minimum atomic E-state index is -0.0574. The summed E-state index contributed by atoms with van der Waals surface area (Å²) in [6, 6.07) is 4.18. The molecule has 0 bridgehead atoms. The van der Waals surface area contributed by atoms with E-state index in [2.05, 4.69) is 31.5 Å². The molecule has 5 heteroatoms. The summed E-state index contributed by atoms with van der Waals surface area (Å²) in [5.41, 5.74) is 0.755. The van der Waals surface area contributed by atoms with Gasteiger partial charge in [-0.2, -0.15) is 0 Å². The Morgan fingerprint density at radius 3 is 2.90 bits per heavy atom. The predicted octanol–water partition coefficient (Wildman–Crippen LogP) is 3.09. The standard InChI is InChI=1S/C15H20BrN3O/c16-14-8-6-11(9-17-14)18-15(20)13-7-5-10-3-1-2-4-12(10)19-13/h6,8-10,12-13,19H,1-5,7H2,(H,18,20). The molecule has 2 fully saturated rings. The summed E-state index contributed by atoms with van der Waals surface area (Å²) in [4.78, 5) is 16.4. The highest BCUT2D eigenvalue weighted by atomic mass is 79.9. The summed E-state index contributed by atoms with van der Waals surface area (Å²) < 4.78 is 0.774. The molecule has 1 aromatic rings. The molecule has 2 heterocycles. The molecule has 3 unspecified atom stereocenters. The number of nitrogens with one attached hydrogen (secondary N) is 2. The molecule has 3 atom stereocenters. The minimum Gasteiger partial charge on any atom is -0.323 e. The first-order valence-corrected chi connectivity index (χ1v) is 8.20. The second-order valence-electron chi connectivity index (χ2n) is 5.81. The topological polar surface area (TPSA) is 54.0 Å². The SMILES string of the molecule is O=C(Nc1ccc(Br)nc1)C1CCC2CCCCC2N1. The Balaban J connectivity index is 1.58. The smallest absolute Gasteiger partial charge is 0.241 e. The van der Waals surface area contributed by atoms with Gasteiger partial charge in [-0.3, -0.25) is 4.79 Å². The van der Waals surface area contributed by atoms with Gasteiger partial charge < -0.3 is 10.6 Å². The normalized spacial score (nSPS) is 29.6. The van der Waals surface area contributed by atoms with E-state index >= 15 is 0 Å². The molecule has 108 valence electrons. The number of nitrogens with zero attached hydrogens (tertiary/aromatic N) is 1. The van der Waals surface area contributed by atoms with Crippen LogP contribution in [0, 0.1) is 5.92 Å². The quantitative estimate of drug-likeness (QED) is 0.815. The predicted molar refractivity (Wildman–Crippen MR) is 82.5 cm³/mol. The van der Waals surface area contributed by atoms with E-state index in [1.54, 1.807) is 6.20 Å². The maximum absolute atomic E-state index is 12.3. The van der Waals surface area contributed by atoms with Gasteiger partial charge in [0.15, 0.2) is 0 Å². The molecule has 0 radical (unpaired) electrons. The highest BCUT2D eigenvalue weighted by Gasteiger charge is 2.34. The largest absolute Gasteiger partial charge is 0.323 e. The number of aromatic nitrogens is 1. The molecule has 1 saturated carbocycles. The van der Waals surface area contributed by atoms with Crippen molar-refractivity contribution in [2.75, 3.05) is 5.32 Å². The van der Waals surface area contributed by atoms with Crippen LogP contribution in [0.25, 0.3) is 0 Å². The van der Waals surface area contributed by atoms with Gasteiger partial charge in [0, 0.05) is 6.04 Å². The van der Waals surface area contributed by atoms with Crippen molar-refractivity contribution >= 4 is 27.5 Å². The van der Waals surface area contributed by atoms with E-state index < -0.39 is 0 Å². The molecule has 4 nitrogen and oxygen atoms in total. The summed E-state index contributed by atoms with van der Waals surface area (Å²) in [5, 5.41) is 6.49. The molecular formula is C15H20BrN3O. The number of fused-ring (bicyclic) bond motifs is 1. The highest BCUT2D eigenvalue weighted by Crippen LogP contribution is 2.32. The molecule has 1 aliphatic heterocycles. The van der Waals surface area contributed by atoms with Crippen LogP contribution in [0.15, 0.2) is 22.9 Å². The zero-order valence-electron chi connectivity index (χ0n) is 11.4. The molecule has 20 heavy (non-hydrogen) atoms. The van der Waals surface area contributed by atoms with Crippen LogP contribution in [0.3, 0.4) is 0 Å². The number of hydrogen-bond donors (Lipinski definition) is 2. The Hall–Kier alpha value is -0.940. The van der Waals surface area contributed by atoms with Crippen molar-refractivity contribution < 1.29 is 4.79 Å². The Morgan fingerprint density at radius 1 is 1.25 bits per heavy atom. The van der Waals surface area contributed by atoms with E-state index in [0.29, 0.717) is 6.04 Å². The maximum Gasteiger partial charge on any atom is 0.241 e. The molecule has 2 N–H and O–H groups in total. The highest BCUT2D eigenvalue weighted by molar-refractivity contribution is 9.10. The van der Waals surface area contributed by atoms with Crippen molar-refractivity contribution in [2.45, 2.75) is 50.6 Å². The van der Waals surface area contributed by atoms with Crippen molar-refractivity contribution in [1.29, 1.82) is 0 Å². The fourth-order valence-electron chi connectivity index (χ4n) is 3.38. The Kier molecular flexibility index (Phi) is 4.36. The number of halogens is 1. The van der Waals surface area contributed by atoms with Gasteiger partial charge in [-0.15, -0.1) is 0 Å². The first-order chi connectivity index (χ1) is 9.72. The Bertz CT molecular complexity index is 477. The van der Waals surface area contributed by atoms with Crippen LogP contribution in [0.5, 0.6) is 0 Å². The van der Waals surface area contributed by atoms with E-state index in [0.717, 1.165) is 22.6 Å². The Morgan fingerprint density at radius 2 is 2.10 bits per heavy atom. The number of pyridine rings is 1. The summed E-state index contributed by atoms with van der Waals surface area (Å²) in [6.07, 6.45) is 8.97. The monoisotopic (exact) mass is 337 g/mol. The average molecular weight is 338 g/mol. The maximum atomic E-state index is 12.3. The van der Waals surface area contributed by atoms with Gasteiger partial charge in [0.05, 0.1) is 17.9 Å². The first kappa shape index (κ1) is 14.0. The van der Waals surface area contributed by atoms with E-state index in [9.17, 15) is 4.79 Å². The molecule has 3 rings (SSSR count). The van der Waals surface area contributed by atoms with Crippen LogP contribution in [-0.4, -0.2) is 23.0 Å². The first-order valence-electron chi connectivity index (χ1n) is 7.41. The van der Waals surface area contributed by atoms with E-state index in [1.807, 2.05) is 12.1 Å². The van der Waals surface area contributed by atoms with Gasteiger partial charge in [-0.05, 0) is 59.7 Å². The third-order valence-electron chi connectivity index (χ3n) is 4.46. The van der Waals surface area contributed by atoms with Crippen molar-refractivity contribution in [1.82, 2.24) is 10.3 Å². The third kappa shape index (κ3) is 3.20. The summed E-state index contributed by atoms with van der Waals surface area (Å²) in [7, 11) is 0. The van der Waals surface area contributed by atoms with Gasteiger partial charge in [0.2, 0.25) is 5.91 Å². The van der Waals surface area contributed by atoms with E-state index in [1.165, 1.54) is 32.1 Å². The molecule has 1 saturated heterocycles. The second-order valence-corrected chi connectivity index (χ2v) is 6.62. The summed E-state index contributed by atoms with van der Waals surface area (Å²) >= 11 is 3.29. The molecule has 0 aromatic carbocycles. The lowest BCUT2D eigenvalue weighted by molar-refractivity contribution is -0.119. The lowest BCUT2D eigenvalue weighted by Gasteiger charge is -2.39. The average Bonchev–Trinajstić information content (AvgIpc) is 2.49. The van der Waals surface area contributed by atoms with E-state index in [-0.39, 0.29) is 11.9 Å². The summed E-state index contributed by atoms with van der Waals surface area (Å²) in [6.45, 7) is 0. The number of carbonyl (C=O) groups is 1. The van der Waals surface area contributed by atoms with Crippen LogP contribution in [0.4, 0.5) is 5.69 Å². The number of amides is 1. The number of piperidine rings is 1. The molecule has 2 aliphatic rings. The van der Waals surface area contributed by atoms with Crippen LogP contribution in [0.2, 0.25) is 0 Å². The lowest BCUT2D eigenvalue weighted by atomic mass is 9.77. The fourth-order valence-corrected chi connectivity index (χ4v) is 3.62. The van der Waals surface area contributed by atoms with Gasteiger partial charge in [0.25, 0.3) is 0 Å². The van der Waals surface area contributed by atoms with Crippen LogP contribution >= 0.6 is 15.9 Å². The van der Waals surface area contributed by atoms with Crippen molar-refractivity contribution in [3.8, 4) is 0 Å². The number of carbonyl (C=O) groups excluding carboxylic acids is 1. The van der Waals surface area contributed by atoms with Crippen LogP contribution in [-0.2, 0) is 4.79 Å². The van der Waals surface area contributed by atoms with Gasteiger partial charge >= 0.3 is 0 Å².